The van der Waals surface area contributed by atoms with Crippen LogP contribution in [0.4, 0.5) is 5.95 Å². The number of carbonyl (C=O) groups excluding carboxylic acids is 1. The molecule has 0 saturated heterocycles. The number of nitrogens with zero attached hydrogens (tertiary/aromatic N) is 4. The number of benzene rings is 2. The lowest BCUT2D eigenvalue weighted by Gasteiger charge is -2.39. The van der Waals surface area contributed by atoms with E-state index in [2.05, 4.69) is 22.2 Å². The fraction of sp³-hybridized carbons (Fsp3) is 0.250. The molecule has 2 heterocycles. The zero-order chi connectivity index (χ0) is 18.1. The molecule has 1 aliphatic rings. The number of halogens is 1. The van der Waals surface area contributed by atoms with E-state index in [0.717, 1.165) is 17.5 Å². The SMILES string of the molecule is CCC(=O)N1c2ncnn2[C@@H](c2ccc(Cl)cc2)C[C@H]1c1ccccc1. The van der Waals surface area contributed by atoms with Crippen molar-refractivity contribution in [2.45, 2.75) is 31.8 Å². The van der Waals surface area contributed by atoms with E-state index in [1.165, 1.54) is 6.33 Å². The Morgan fingerprint density at radius 2 is 1.77 bits per heavy atom. The van der Waals surface area contributed by atoms with Crippen LogP contribution in [-0.4, -0.2) is 20.7 Å². The van der Waals surface area contributed by atoms with Crippen LogP contribution in [0.25, 0.3) is 0 Å². The van der Waals surface area contributed by atoms with Gasteiger partial charge in [0.25, 0.3) is 0 Å². The molecule has 1 aliphatic heterocycles. The minimum Gasteiger partial charge on any atom is -0.274 e. The van der Waals surface area contributed by atoms with Crippen molar-refractivity contribution in [1.82, 2.24) is 14.8 Å². The van der Waals surface area contributed by atoms with Crippen molar-refractivity contribution in [3.05, 3.63) is 77.1 Å². The quantitative estimate of drug-likeness (QED) is 0.690. The van der Waals surface area contributed by atoms with Gasteiger partial charge in [0.15, 0.2) is 0 Å². The highest BCUT2D eigenvalue weighted by atomic mass is 35.5. The van der Waals surface area contributed by atoms with E-state index in [-0.39, 0.29) is 18.0 Å². The lowest BCUT2D eigenvalue weighted by Crippen LogP contribution is -2.42. The van der Waals surface area contributed by atoms with Crippen molar-refractivity contribution in [2.75, 3.05) is 4.90 Å². The molecular weight excluding hydrogens is 348 g/mol. The van der Waals surface area contributed by atoms with Gasteiger partial charge in [0.2, 0.25) is 11.9 Å². The Bertz CT molecular complexity index is 907. The third kappa shape index (κ3) is 2.88. The predicted molar refractivity (Wildman–Crippen MR) is 101 cm³/mol. The van der Waals surface area contributed by atoms with Crippen LogP contribution in [0.3, 0.4) is 0 Å². The minimum absolute atomic E-state index is 0.00382. The number of fused-ring (bicyclic) bond motifs is 1. The molecule has 1 amide bonds. The largest absolute Gasteiger partial charge is 0.274 e. The number of amides is 1. The van der Waals surface area contributed by atoms with E-state index in [4.69, 9.17) is 11.6 Å². The molecule has 6 heteroatoms. The minimum atomic E-state index is -0.0824. The van der Waals surface area contributed by atoms with Crippen molar-refractivity contribution >= 4 is 23.5 Å². The van der Waals surface area contributed by atoms with Crippen molar-refractivity contribution in [3.63, 3.8) is 0 Å². The Balaban J connectivity index is 1.83. The van der Waals surface area contributed by atoms with Crippen molar-refractivity contribution in [1.29, 1.82) is 0 Å². The second kappa shape index (κ2) is 6.92. The Labute approximate surface area is 157 Å². The number of carbonyl (C=O) groups is 1. The summed E-state index contributed by atoms with van der Waals surface area (Å²) < 4.78 is 1.84. The molecule has 0 fully saturated rings. The molecule has 5 nitrogen and oxygen atoms in total. The van der Waals surface area contributed by atoms with Gasteiger partial charge in [-0.2, -0.15) is 10.1 Å². The monoisotopic (exact) mass is 366 g/mol. The first-order valence-corrected chi connectivity index (χ1v) is 9.08. The molecule has 0 radical (unpaired) electrons. The van der Waals surface area contributed by atoms with Crippen LogP contribution >= 0.6 is 11.6 Å². The molecule has 0 bridgehead atoms. The maximum atomic E-state index is 12.7. The summed E-state index contributed by atoms with van der Waals surface area (Å²) in [6.07, 6.45) is 2.66. The van der Waals surface area contributed by atoms with Crippen LogP contribution in [0.15, 0.2) is 60.9 Å². The Hall–Kier alpha value is -2.66. The van der Waals surface area contributed by atoms with Crippen LogP contribution in [0.1, 0.15) is 43.0 Å². The second-order valence-electron chi connectivity index (χ2n) is 6.35. The molecule has 1 aromatic heterocycles. The number of aromatic nitrogens is 3. The average molecular weight is 367 g/mol. The maximum absolute atomic E-state index is 12.7. The van der Waals surface area contributed by atoms with E-state index in [1.54, 1.807) is 4.90 Å². The van der Waals surface area contributed by atoms with Crippen molar-refractivity contribution in [2.24, 2.45) is 0 Å². The number of anilines is 1. The number of rotatable bonds is 3. The van der Waals surface area contributed by atoms with Gasteiger partial charge in [0.05, 0.1) is 12.1 Å². The molecule has 4 rings (SSSR count). The van der Waals surface area contributed by atoms with E-state index in [0.29, 0.717) is 17.4 Å². The molecule has 0 unspecified atom stereocenters. The van der Waals surface area contributed by atoms with Gasteiger partial charge < -0.3 is 0 Å². The summed E-state index contributed by atoms with van der Waals surface area (Å²) in [5.74, 6) is 0.638. The first-order chi connectivity index (χ1) is 12.7. The van der Waals surface area contributed by atoms with Crippen LogP contribution in [0.5, 0.6) is 0 Å². The second-order valence-corrected chi connectivity index (χ2v) is 6.79. The summed E-state index contributed by atoms with van der Waals surface area (Å²) in [7, 11) is 0. The molecule has 0 saturated carbocycles. The molecule has 2 atom stereocenters. The summed E-state index contributed by atoms with van der Waals surface area (Å²) >= 11 is 6.05. The lowest BCUT2D eigenvalue weighted by molar-refractivity contribution is -0.119. The molecular formula is C20H19ClN4O. The maximum Gasteiger partial charge on any atom is 0.231 e. The summed E-state index contributed by atoms with van der Waals surface area (Å²) in [5.41, 5.74) is 2.20. The highest BCUT2D eigenvalue weighted by Crippen LogP contribution is 2.42. The summed E-state index contributed by atoms with van der Waals surface area (Å²) in [5, 5.41) is 5.11. The van der Waals surface area contributed by atoms with Gasteiger partial charge in [-0.3, -0.25) is 9.69 Å². The fourth-order valence-corrected chi connectivity index (χ4v) is 3.70. The number of hydrogen-bond acceptors (Lipinski definition) is 3. The highest BCUT2D eigenvalue weighted by Gasteiger charge is 2.38. The third-order valence-electron chi connectivity index (χ3n) is 4.83. The van der Waals surface area contributed by atoms with Gasteiger partial charge in [0.1, 0.15) is 6.33 Å². The molecule has 0 N–H and O–H groups in total. The predicted octanol–water partition coefficient (Wildman–Crippen LogP) is 4.41. The van der Waals surface area contributed by atoms with E-state index >= 15 is 0 Å². The van der Waals surface area contributed by atoms with Gasteiger partial charge in [-0.15, -0.1) is 0 Å². The molecule has 0 spiro atoms. The molecule has 3 aromatic rings. The molecule has 2 aromatic carbocycles. The van der Waals surface area contributed by atoms with Crippen LogP contribution in [0, 0.1) is 0 Å². The van der Waals surface area contributed by atoms with Crippen molar-refractivity contribution in [3.8, 4) is 0 Å². The molecule has 0 aliphatic carbocycles. The lowest BCUT2D eigenvalue weighted by atomic mass is 9.92. The average Bonchev–Trinajstić information content (AvgIpc) is 3.17. The number of hydrogen-bond donors (Lipinski definition) is 0. The van der Waals surface area contributed by atoms with Crippen LogP contribution in [0.2, 0.25) is 5.02 Å². The zero-order valence-corrected chi connectivity index (χ0v) is 15.2. The van der Waals surface area contributed by atoms with Crippen molar-refractivity contribution < 1.29 is 4.79 Å². The Morgan fingerprint density at radius 3 is 2.46 bits per heavy atom. The van der Waals surface area contributed by atoms with Gasteiger partial charge in [-0.05, 0) is 29.7 Å². The third-order valence-corrected chi connectivity index (χ3v) is 5.09. The topological polar surface area (TPSA) is 51.0 Å². The Kier molecular flexibility index (Phi) is 4.47. The molecule has 26 heavy (non-hydrogen) atoms. The van der Waals surface area contributed by atoms with E-state index < -0.39 is 0 Å². The normalized spacial score (nSPS) is 19.2. The standard InChI is InChI=1S/C20H19ClN4O/c1-2-19(26)24-17(14-6-4-3-5-7-14)12-18(25-20(24)22-13-23-25)15-8-10-16(21)11-9-15/h3-11,13,17-18H,2,12H2,1H3/t17-,18+/m0/s1. The summed E-state index contributed by atoms with van der Waals surface area (Å²) in [6.45, 7) is 1.87. The van der Waals surface area contributed by atoms with Crippen LogP contribution < -0.4 is 4.90 Å². The van der Waals surface area contributed by atoms with Crippen LogP contribution in [-0.2, 0) is 4.79 Å². The van der Waals surface area contributed by atoms with E-state index in [9.17, 15) is 4.79 Å². The summed E-state index contributed by atoms with van der Waals surface area (Å²) in [4.78, 5) is 18.9. The molecule has 132 valence electrons. The zero-order valence-electron chi connectivity index (χ0n) is 14.4. The summed E-state index contributed by atoms with van der Waals surface area (Å²) in [6, 6.07) is 17.8. The van der Waals surface area contributed by atoms with Gasteiger partial charge in [0, 0.05) is 11.4 Å². The Morgan fingerprint density at radius 1 is 1.08 bits per heavy atom. The first-order valence-electron chi connectivity index (χ1n) is 8.71. The highest BCUT2D eigenvalue weighted by molar-refractivity contribution is 6.30. The van der Waals surface area contributed by atoms with E-state index in [1.807, 2.05) is 54.1 Å². The van der Waals surface area contributed by atoms with Gasteiger partial charge in [-0.25, -0.2) is 4.68 Å². The van der Waals surface area contributed by atoms with Gasteiger partial charge in [-0.1, -0.05) is 61.0 Å². The first kappa shape index (κ1) is 16.8. The smallest absolute Gasteiger partial charge is 0.231 e. The van der Waals surface area contributed by atoms with Gasteiger partial charge >= 0.3 is 0 Å². The fourth-order valence-electron chi connectivity index (χ4n) is 3.57.